The maximum Gasteiger partial charge on any atom is 0.637 e. The molecule has 0 saturated carbocycles. The van der Waals surface area contributed by atoms with Crippen LogP contribution in [0.2, 0.25) is 0 Å². The Morgan fingerprint density at radius 2 is 0.688 bits per heavy atom. The average molecular weight is 507 g/mol. The van der Waals surface area contributed by atoms with Crippen LogP contribution in [0.3, 0.4) is 0 Å². The molecule has 182 valence electrons. The summed E-state index contributed by atoms with van der Waals surface area (Å²) in [5, 5.41) is 62.9. The number of rotatable bonds is 15. The van der Waals surface area contributed by atoms with Crippen molar-refractivity contribution in [2.45, 2.75) is 23.2 Å². The highest BCUT2D eigenvalue weighted by molar-refractivity contribution is 6.20. The Bertz CT molecular complexity index is 683. The van der Waals surface area contributed by atoms with Crippen LogP contribution in [-0.2, 0) is 14.2 Å². The average Bonchev–Trinajstić information content (AvgIpc) is 2.67. The van der Waals surface area contributed by atoms with Gasteiger partial charge in [0.15, 0.2) is 0 Å². The number of ether oxygens (including phenoxy) is 3. The lowest BCUT2D eigenvalue weighted by molar-refractivity contribution is -0.840. The van der Waals surface area contributed by atoms with Gasteiger partial charge in [0.05, 0.1) is 0 Å². The highest BCUT2D eigenvalue weighted by atomic mass is 35.5. The van der Waals surface area contributed by atoms with Gasteiger partial charge in [0.1, 0.15) is 29.5 Å². The Balaban J connectivity index is 6.00. The first-order valence-corrected chi connectivity index (χ1v) is 7.21. The maximum absolute atomic E-state index is 13.8. The fourth-order valence-electron chi connectivity index (χ4n) is 1.18. The summed E-state index contributed by atoms with van der Waals surface area (Å²) in [4.78, 5) is 49.3. The molecule has 0 heterocycles. The molecular weight excluding hydrogens is 501 g/mol. The van der Waals surface area contributed by atoms with Crippen LogP contribution in [0.5, 0.6) is 0 Å². The fraction of sp³-hybridized carbons (Fsp3) is 1.00. The van der Waals surface area contributed by atoms with Gasteiger partial charge in [0.25, 0.3) is 0 Å². The van der Waals surface area contributed by atoms with Crippen molar-refractivity contribution in [3.05, 3.63) is 60.7 Å². The van der Waals surface area contributed by atoms with Gasteiger partial charge in [-0.1, -0.05) is 13.2 Å². The third kappa shape index (κ3) is 5.95. The molecule has 25 heteroatoms. The lowest BCUT2D eigenvalue weighted by Crippen LogP contribution is -2.54. The highest BCUT2D eigenvalue weighted by Gasteiger charge is 2.65. The molecule has 0 saturated heterocycles. The Morgan fingerprint density at radius 3 is 0.812 bits per heavy atom. The molecule has 0 fully saturated rings. The number of hydrogen-bond acceptors (Lipinski definition) is 15. The summed E-state index contributed by atoms with van der Waals surface area (Å²) < 4.78 is 52.9. The summed E-state index contributed by atoms with van der Waals surface area (Å²) in [5.41, 5.74) is -4.14. The van der Waals surface area contributed by atoms with Gasteiger partial charge in [-0.05, 0) is 11.6 Å². The van der Waals surface area contributed by atoms with Crippen LogP contribution in [-0.4, -0.2) is 72.5 Å². The molecule has 0 unspecified atom stereocenters. The molecule has 0 aliphatic heterocycles. The molecule has 0 aliphatic rings. The van der Waals surface area contributed by atoms with E-state index < -0.39 is 72.5 Å². The molecule has 0 N–H and O–H groups in total. The number of alkyl halides is 4. The summed E-state index contributed by atoms with van der Waals surface area (Å²) in [5.74, 6) is -14.4. The van der Waals surface area contributed by atoms with Crippen molar-refractivity contribution >= 4 is 11.6 Å². The smallest absolute Gasteiger partial charge is 0.295 e. The lowest BCUT2D eigenvalue weighted by atomic mass is 10.5. The van der Waals surface area contributed by atoms with E-state index in [9.17, 15) is 73.9 Å². The Hall–Kier alpha value is -3.64. The van der Waals surface area contributed by atoms with Gasteiger partial charge in [-0.15, -0.1) is 0 Å². The van der Waals surface area contributed by atoms with Gasteiger partial charge in [-0.3, -0.25) is 74.9 Å². The van der Waals surface area contributed by atoms with Crippen LogP contribution in [0.4, 0.5) is 13.2 Å². The third-order valence-corrected chi connectivity index (χ3v) is 3.29. The minimum Gasteiger partial charge on any atom is -0.295 e. The summed E-state index contributed by atoms with van der Waals surface area (Å²) in [6.07, 6.45) is 0. The second-order valence-corrected chi connectivity index (χ2v) is 5.51. The van der Waals surface area contributed by atoms with Crippen molar-refractivity contribution in [3.8, 4) is 0 Å². The topological polar surface area (TPSA) is 287 Å². The first-order valence-electron chi connectivity index (χ1n) is 6.83. The molecule has 32 heavy (non-hydrogen) atoms. The summed E-state index contributed by atoms with van der Waals surface area (Å²) in [7, 11) is 0. The lowest BCUT2D eigenvalue weighted by Gasteiger charge is -2.26. The normalized spacial score (nSPS) is 12.8. The van der Waals surface area contributed by atoms with Crippen molar-refractivity contribution in [1.29, 1.82) is 0 Å². The standard InChI is InChI=1S/C7H6ClF3N6O15/c8-7(30-1-4(9,12(18)19)13(20)21,31-2-5(10,14(22)23)15(24)25)32-3-6(11,16(26)27)17(28)29/h1-3H2. The molecule has 0 spiro atoms. The molecule has 0 aromatic carbocycles. The van der Waals surface area contributed by atoms with Crippen molar-refractivity contribution in [2.75, 3.05) is 19.8 Å². The van der Waals surface area contributed by atoms with E-state index in [1.54, 1.807) is 0 Å². The van der Waals surface area contributed by atoms with Gasteiger partial charge in [-0.25, -0.2) is 0 Å². The number of halogens is 4. The number of nitro groups is 6. The van der Waals surface area contributed by atoms with Crippen LogP contribution >= 0.6 is 11.6 Å². The Labute approximate surface area is 173 Å². The summed E-state index contributed by atoms with van der Waals surface area (Å²) >= 11 is 5.18. The molecule has 0 bridgehead atoms. The van der Waals surface area contributed by atoms with Crippen molar-refractivity contribution in [1.82, 2.24) is 0 Å². The zero-order valence-corrected chi connectivity index (χ0v) is 15.2. The SMILES string of the molecule is O=[N+]([O-])C(F)(COC(Cl)(OCC(F)([N+](=O)[O-])[N+](=O)[O-])OCC(F)([N+](=O)[O-])[N+](=O)[O-])[N+](=O)[O-]. The molecule has 0 atom stereocenters. The summed E-state index contributed by atoms with van der Waals surface area (Å²) in [6, 6.07) is 0. The first-order chi connectivity index (χ1) is 14.3. The van der Waals surface area contributed by atoms with E-state index in [0.29, 0.717) is 0 Å². The number of nitrogens with zero attached hydrogens (tertiary/aromatic N) is 6. The maximum atomic E-state index is 13.8. The van der Waals surface area contributed by atoms with E-state index in [2.05, 4.69) is 14.2 Å². The zero-order valence-electron chi connectivity index (χ0n) is 14.4. The molecule has 0 aromatic heterocycles. The van der Waals surface area contributed by atoms with E-state index in [1.807, 2.05) is 0 Å². The van der Waals surface area contributed by atoms with E-state index in [0.717, 1.165) is 0 Å². The van der Waals surface area contributed by atoms with Crippen molar-refractivity contribution in [2.24, 2.45) is 0 Å². The third-order valence-electron chi connectivity index (χ3n) is 2.96. The van der Waals surface area contributed by atoms with Crippen LogP contribution < -0.4 is 0 Å². The fourth-order valence-corrected chi connectivity index (χ4v) is 1.34. The van der Waals surface area contributed by atoms with Gasteiger partial charge in [0, 0.05) is 0 Å². The highest BCUT2D eigenvalue weighted by Crippen LogP contribution is 2.29. The Kier molecular flexibility index (Phi) is 8.56. The molecule has 0 aromatic rings. The second-order valence-electron chi connectivity index (χ2n) is 5.05. The van der Waals surface area contributed by atoms with Crippen LogP contribution in [0.1, 0.15) is 0 Å². The minimum absolute atomic E-state index is 2.26. The van der Waals surface area contributed by atoms with Gasteiger partial charge in [0.2, 0.25) is 19.8 Å². The van der Waals surface area contributed by atoms with Crippen LogP contribution in [0, 0.1) is 60.7 Å². The zero-order chi connectivity index (χ0) is 25.7. The van der Waals surface area contributed by atoms with Gasteiger partial charge >= 0.3 is 23.2 Å². The molecule has 0 rings (SSSR count). The Morgan fingerprint density at radius 1 is 0.531 bits per heavy atom. The predicted octanol–water partition coefficient (Wildman–Crippen LogP) is -0.584. The van der Waals surface area contributed by atoms with Crippen molar-refractivity contribution in [3.63, 3.8) is 0 Å². The van der Waals surface area contributed by atoms with E-state index in [1.165, 1.54) is 0 Å². The second kappa shape index (κ2) is 9.66. The van der Waals surface area contributed by atoms with E-state index in [-0.39, 0.29) is 0 Å². The largest absolute Gasteiger partial charge is 0.637 e. The molecule has 0 radical (unpaired) electrons. The quantitative estimate of drug-likeness (QED) is 0.0881. The molecular formula is C7H6ClF3N6O15. The minimum atomic E-state index is -4.81. The first kappa shape index (κ1) is 28.4. The van der Waals surface area contributed by atoms with Crippen LogP contribution in [0.25, 0.3) is 0 Å². The molecule has 0 amide bonds. The van der Waals surface area contributed by atoms with Gasteiger partial charge in [-0.2, -0.15) is 0 Å². The number of hydrogen-bond donors (Lipinski definition) is 0. The van der Waals surface area contributed by atoms with E-state index in [4.69, 9.17) is 11.6 Å². The van der Waals surface area contributed by atoms with Gasteiger partial charge < -0.3 is 0 Å². The monoisotopic (exact) mass is 506 g/mol. The van der Waals surface area contributed by atoms with Crippen LogP contribution in [0.15, 0.2) is 0 Å². The van der Waals surface area contributed by atoms with E-state index >= 15 is 0 Å². The molecule has 0 aliphatic carbocycles. The predicted molar refractivity (Wildman–Crippen MR) is 79.9 cm³/mol. The summed E-state index contributed by atoms with van der Waals surface area (Å²) in [6.45, 7) is -7.53. The molecule has 21 nitrogen and oxygen atoms in total. The van der Waals surface area contributed by atoms with Crippen molar-refractivity contribution < 1.29 is 56.9 Å².